The Balaban J connectivity index is 2.43. The second-order valence-corrected chi connectivity index (χ2v) is 3.18. The predicted octanol–water partition coefficient (Wildman–Crippen LogP) is 0.952. The molecule has 1 aromatic rings. The van der Waals surface area contributed by atoms with Gasteiger partial charge in [0.05, 0.1) is 5.69 Å². The molecule has 0 saturated heterocycles. The highest BCUT2D eigenvalue weighted by atomic mass is 16.1. The fourth-order valence-electron chi connectivity index (χ4n) is 1.54. The van der Waals surface area contributed by atoms with E-state index in [9.17, 15) is 9.59 Å². The van der Waals surface area contributed by atoms with E-state index >= 15 is 0 Å². The molecule has 0 radical (unpaired) electrons. The summed E-state index contributed by atoms with van der Waals surface area (Å²) < 4.78 is 0. The van der Waals surface area contributed by atoms with Gasteiger partial charge in [-0.1, -0.05) is 6.07 Å². The van der Waals surface area contributed by atoms with E-state index in [0.29, 0.717) is 24.8 Å². The lowest BCUT2D eigenvalue weighted by molar-refractivity contribution is -0.118. The first-order valence-corrected chi connectivity index (χ1v) is 4.25. The Morgan fingerprint density at radius 2 is 2.15 bits per heavy atom. The lowest BCUT2D eigenvalue weighted by atomic mass is 9.95. The van der Waals surface area contributed by atoms with Crippen LogP contribution in [-0.2, 0) is 17.6 Å². The number of ketones is 1. The molecule has 13 heavy (non-hydrogen) atoms. The SMILES string of the molecule is O=Cc1ccc2c(n1)CC(=O)CC2. The highest BCUT2D eigenvalue weighted by Crippen LogP contribution is 2.16. The van der Waals surface area contributed by atoms with E-state index in [4.69, 9.17) is 0 Å². The maximum atomic E-state index is 11.1. The van der Waals surface area contributed by atoms with Gasteiger partial charge in [0.25, 0.3) is 0 Å². The molecule has 0 N–H and O–H groups in total. The zero-order valence-electron chi connectivity index (χ0n) is 7.12. The molecule has 0 bridgehead atoms. The molecule has 0 aliphatic heterocycles. The van der Waals surface area contributed by atoms with Crippen LogP contribution in [0.2, 0.25) is 0 Å². The summed E-state index contributed by atoms with van der Waals surface area (Å²) in [7, 11) is 0. The van der Waals surface area contributed by atoms with Crippen LogP contribution in [0.5, 0.6) is 0 Å². The van der Waals surface area contributed by atoms with Crippen molar-refractivity contribution < 1.29 is 9.59 Å². The summed E-state index contributed by atoms with van der Waals surface area (Å²) in [6.07, 6.45) is 2.46. The summed E-state index contributed by atoms with van der Waals surface area (Å²) in [4.78, 5) is 25.6. The number of aryl methyl sites for hydroxylation is 1. The quantitative estimate of drug-likeness (QED) is 0.597. The van der Waals surface area contributed by atoms with E-state index in [2.05, 4.69) is 4.98 Å². The van der Waals surface area contributed by atoms with Gasteiger partial charge in [-0.25, -0.2) is 4.98 Å². The van der Waals surface area contributed by atoms with Crippen LogP contribution < -0.4 is 0 Å². The lowest BCUT2D eigenvalue weighted by Crippen LogP contribution is -2.15. The fraction of sp³-hybridized carbons (Fsp3) is 0.300. The largest absolute Gasteiger partial charge is 0.299 e. The van der Waals surface area contributed by atoms with Crippen LogP contribution in [-0.4, -0.2) is 17.1 Å². The molecule has 1 aliphatic rings. The number of carbonyl (C=O) groups is 2. The molecule has 0 amide bonds. The summed E-state index contributed by atoms with van der Waals surface area (Å²) in [6, 6.07) is 3.58. The van der Waals surface area contributed by atoms with Crippen LogP contribution in [0.15, 0.2) is 12.1 Å². The summed E-state index contributed by atoms with van der Waals surface area (Å²) in [5.41, 5.74) is 2.29. The Hall–Kier alpha value is -1.51. The standard InChI is InChI=1S/C10H9NO2/c12-6-8-3-1-7-2-4-9(13)5-10(7)11-8/h1,3,6H,2,4-5H2. The molecule has 3 nitrogen and oxygen atoms in total. The monoisotopic (exact) mass is 175 g/mol. The van der Waals surface area contributed by atoms with Gasteiger partial charge in [0, 0.05) is 12.8 Å². The molecule has 1 aromatic heterocycles. The van der Waals surface area contributed by atoms with Crippen LogP contribution in [0, 0.1) is 0 Å². The third-order valence-corrected chi connectivity index (χ3v) is 2.25. The van der Waals surface area contributed by atoms with Crippen LogP contribution in [0.25, 0.3) is 0 Å². The number of Topliss-reactive ketones (excluding diaryl/α,β-unsaturated/α-hetero) is 1. The average molecular weight is 175 g/mol. The van der Waals surface area contributed by atoms with Crippen molar-refractivity contribution >= 4 is 12.1 Å². The van der Waals surface area contributed by atoms with Crippen molar-refractivity contribution in [2.75, 3.05) is 0 Å². The average Bonchev–Trinajstić information content (AvgIpc) is 2.16. The zero-order chi connectivity index (χ0) is 9.26. The first-order chi connectivity index (χ1) is 6.29. The number of nitrogens with zero attached hydrogens (tertiary/aromatic N) is 1. The first-order valence-electron chi connectivity index (χ1n) is 4.25. The van der Waals surface area contributed by atoms with E-state index in [1.165, 1.54) is 0 Å². The highest BCUT2D eigenvalue weighted by molar-refractivity contribution is 5.83. The summed E-state index contributed by atoms with van der Waals surface area (Å²) in [6.45, 7) is 0. The number of hydrogen-bond acceptors (Lipinski definition) is 3. The summed E-state index contributed by atoms with van der Waals surface area (Å²) >= 11 is 0. The third kappa shape index (κ3) is 1.49. The Morgan fingerprint density at radius 1 is 1.31 bits per heavy atom. The summed E-state index contributed by atoms with van der Waals surface area (Å²) in [5.74, 6) is 0.211. The van der Waals surface area contributed by atoms with Crippen LogP contribution >= 0.6 is 0 Å². The minimum Gasteiger partial charge on any atom is -0.299 e. The van der Waals surface area contributed by atoms with Gasteiger partial charge in [0.1, 0.15) is 11.5 Å². The molecule has 0 spiro atoms. The van der Waals surface area contributed by atoms with E-state index in [1.807, 2.05) is 6.07 Å². The Kier molecular flexibility index (Phi) is 1.93. The van der Waals surface area contributed by atoms with E-state index in [-0.39, 0.29) is 5.78 Å². The molecule has 0 atom stereocenters. The van der Waals surface area contributed by atoms with Crippen molar-refractivity contribution in [2.45, 2.75) is 19.3 Å². The molecule has 0 aromatic carbocycles. The minimum absolute atomic E-state index is 0.211. The number of fused-ring (bicyclic) bond motifs is 1. The number of rotatable bonds is 1. The lowest BCUT2D eigenvalue weighted by Gasteiger charge is -2.13. The normalized spacial score (nSPS) is 15.2. The van der Waals surface area contributed by atoms with Crippen molar-refractivity contribution in [3.63, 3.8) is 0 Å². The Labute approximate surface area is 75.8 Å². The van der Waals surface area contributed by atoms with Crippen molar-refractivity contribution in [3.05, 3.63) is 29.1 Å². The van der Waals surface area contributed by atoms with Gasteiger partial charge in [0.2, 0.25) is 0 Å². The first kappa shape index (κ1) is 8.10. The van der Waals surface area contributed by atoms with Crippen molar-refractivity contribution in [1.82, 2.24) is 4.98 Å². The smallest absolute Gasteiger partial charge is 0.168 e. The molecular formula is C10H9NO2. The molecule has 1 heterocycles. The predicted molar refractivity (Wildman–Crippen MR) is 46.7 cm³/mol. The third-order valence-electron chi connectivity index (χ3n) is 2.25. The van der Waals surface area contributed by atoms with Crippen molar-refractivity contribution in [2.24, 2.45) is 0 Å². The van der Waals surface area contributed by atoms with Gasteiger partial charge in [-0.05, 0) is 18.1 Å². The number of aldehydes is 1. The number of pyridine rings is 1. The van der Waals surface area contributed by atoms with Crippen LogP contribution in [0.1, 0.15) is 28.2 Å². The fourth-order valence-corrected chi connectivity index (χ4v) is 1.54. The van der Waals surface area contributed by atoms with Crippen molar-refractivity contribution in [3.8, 4) is 0 Å². The second kappa shape index (κ2) is 3.09. The van der Waals surface area contributed by atoms with Crippen LogP contribution in [0.4, 0.5) is 0 Å². The number of hydrogen-bond donors (Lipinski definition) is 0. The van der Waals surface area contributed by atoms with Gasteiger partial charge in [-0.2, -0.15) is 0 Å². The maximum absolute atomic E-state index is 11.1. The van der Waals surface area contributed by atoms with Gasteiger partial charge >= 0.3 is 0 Å². The van der Waals surface area contributed by atoms with Gasteiger partial charge in [-0.15, -0.1) is 0 Å². The van der Waals surface area contributed by atoms with Gasteiger partial charge in [0.15, 0.2) is 6.29 Å². The second-order valence-electron chi connectivity index (χ2n) is 3.18. The molecular weight excluding hydrogens is 166 g/mol. The number of aromatic nitrogens is 1. The van der Waals surface area contributed by atoms with Crippen LogP contribution in [0.3, 0.4) is 0 Å². The Bertz CT molecular complexity index is 371. The summed E-state index contributed by atoms with van der Waals surface area (Å²) in [5, 5.41) is 0. The molecule has 3 heteroatoms. The highest BCUT2D eigenvalue weighted by Gasteiger charge is 2.16. The topological polar surface area (TPSA) is 47.0 Å². The molecule has 0 saturated carbocycles. The van der Waals surface area contributed by atoms with Crippen molar-refractivity contribution in [1.29, 1.82) is 0 Å². The maximum Gasteiger partial charge on any atom is 0.168 e. The molecule has 1 aliphatic carbocycles. The van der Waals surface area contributed by atoms with E-state index in [1.54, 1.807) is 6.07 Å². The zero-order valence-corrected chi connectivity index (χ0v) is 7.12. The number of carbonyl (C=O) groups excluding carboxylic acids is 2. The van der Waals surface area contributed by atoms with Gasteiger partial charge in [-0.3, -0.25) is 9.59 Å². The Morgan fingerprint density at radius 3 is 2.92 bits per heavy atom. The minimum atomic E-state index is 0.211. The molecule has 66 valence electrons. The van der Waals surface area contributed by atoms with E-state index < -0.39 is 0 Å². The van der Waals surface area contributed by atoms with E-state index in [0.717, 1.165) is 17.7 Å². The molecule has 2 rings (SSSR count). The molecule has 0 unspecified atom stereocenters. The molecule has 0 fully saturated rings. The van der Waals surface area contributed by atoms with Gasteiger partial charge < -0.3 is 0 Å².